The molecule has 0 aliphatic rings. The Balaban J connectivity index is 0.000000561. The molecule has 4 heteroatoms. The summed E-state index contributed by atoms with van der Waals surface area (Å²) >= 11 is 2.86. The molecule has 0 spiro atoms. The van der Waals surface area contributed by atoms with E-state index in [1.807, 2.05) is 0 Å². The lowest BCUT2D eigenvalue weighted by atomic mass is 10.3. The number of hydrogen-bond donors (Lipinski definition) is 1. The second-order valence-corrected chi connectivity index (χ2v) is 2.64. The van der Waals surface area contributed by atoms with Gasteiger partial charge in [0.1, 0.15) is 11.6 Å². The quantitative estimate of drug-likeness (QED) is 0.416. The summed E-state index contributed by atoms with van der Waals surface area (Å²) in [5, 5.41) is 0. The summed E-state index contributed by atoms with van der Waals surface area (Å²) in [5.41, 5.74) is 5.06. The molecule has 1 nitrogen and oxygen atoms in total. The molecule has 0 radical (unpaired) electrons. The Hall–Kier alpha value is -1.08. The van der Waals surface area contributed by atoms with E-state index >= 15 is 0 Å². The fraction of sp³-hybridized carbons (Fsp3) is 0. The maximum Gasteiger partial charge on any atom is 0.149 e. The van der Waals surface area contributed by atoms with Crippen molar-refractivity contribution in [1.29, 1.82) is 0 Å². The van der Waals surface area contributed by atoms with Gasteiger partial charge in [-0.15, -0.1) is 12.8 Å². The highest BCUT2D eigenvalue weighted by Gasteiger charge is 2.03. The first-order valence-corrected chi connectivity index (χ1v) is 3.64. The minimum atomic E-state index is -0.735. The van der Waals surface area contributed by atoms with Gasteiger partial charge in [-0.3, -0.25) is 0 Å². The first-order valence-electron chi connectivity index (χ1n) is 2.84. The SMILES string of the molecule is C#C.Nc1cc(Br)c(F)cc1F. The van der Waals surface area contributed by atoms with Crippen LogP contribution < -0.4 is 5.73 Å². The van der Waals surface area contributed by atoms with Crippen LogP contribution >= 0.6 is 15.9 Å². The van der Waals surface area contributed by atoms with Crippen molar-refractivity contribution in [1.82, 2.24) is 0 Å². The number of benzene rings is 1. The summed E-state index contributed by atoms with van der Waals surface area (Å²) in [7, 11) is 0. The van der Waals surface area contributed by atoms with E-state index in [0.717, 1.165) is 6.07 Å². The number of anilines is 1. The summed E-state index contributed by atoms with van der Waals surface area (Å²) < 4.78 is 25.0. The van der Waals surface area contributed by atoms with Gasteiger partial charge in [-0.2, -0.15) is 0 Å². The van der Waals surface area contributed by atoms with E-state index in [4.69, 9.17) is 5.73 Å². The topological polar surface area (TPSA) is 26.0 Å². The van der Waals surface area contributed by atoms with Crippen LogP contribution in [0.3, 0.4) is 0 Å². The second kappa shape index (κ2) is 4.73. The first kappa shape index (κ1) is 10.9. The Labute approximate surface area is 77.7 Å². The zero-order valence-electron chi connectivity index (χ0n) is 6.02. The van der Waals surface area contributed by atoms with E-state index in [2.05, 4.69) is 28.8 Å². The predicted octanol–water partition coefficient (Wildman–Crippen LogP) is 2.56. The molecule has 0 unspecified atom stereocenters. The largest absolute Gasteiger partial charge is 0.396 e. The van der Waals surface area contributed by atoms with Crippen molar-refractivity contribution in [2.45, 2.75) is 0 Å². The van der Waals surface area contributed by atoms with E-state index in [0.29, 0.717) is 0 Å². The van der Waals surface area contributed by atoms with Gasteiger partial charge in [-0.1, -0.05) is 0 Å². The molecule has 0 heterocycles. The van der Waals surface area contributed by atoms with Crippen LogP contribution in [0, 0.1) is 24.5 Å². The zero-order chi connectivity index (χ0) is 9.72. The second-order valence-electron chi connectivity index (χ2n) is 1.79. The highest BCUT2D eigenvalue weighted by molar-refractivity contribution is 9.10. The molecule has 0 aliphatic heterocycles. The predicted molar refractivity (Wildman–Crippen MR) is 48.4 cm³/mol. The van der Waals surface area contributed by atoms with Crippen molar-refractivity contribution < 1.29 is 8.78 Å². The van der Waals surface area contributed by atoms with Gasteiger partial charge in [0.15, 0.2) is 0 Å². The molecular formula is C8H6BrF2N. The lowest BCUT2D eigenvalue weighted by Crippen LogP contribution is -1.91. The minimum Gasteiger partial charge on any atom is -0.396 e. The number of terminal acetylenes is 1. The fourth-order valence-electron chi connectivity index (χ4n) is 0.538. The third-order valence-electron chi connectivity index (χ3n) is 1.04. The molecule has 0 amide bonds. The molecule has 0 bridgehead atoms. The fourth-order valence-corrected chi connectivity index (χ4v) is 0.899. The molecular weight excluding hydrogens is 228 g/mol. The minimum absolute atomic E-state index is 0.0618. The zero-order valence-corrected chi connectivity index (χ0v) is 7.61. The van der Waals surface area contributed by atoms with Gasteiger partial charge in [0.2, 0.25) is 0 Å². The molecule has 0 saturated heterocycles. The van der Waals surface area contributed by atoms with Crippen molar-refractivity contribution in [2.24, 2.45) is 0 Å². The first-order chi connectivity index (χ1) is 5.61. The molecule has 1 aromatic rings. The van der Waals surface area contributed by atoms with E-state index in [9.17, 15) is 8.78 Å². The van der Waals surface area contributed by atoms with Gasteiger partial charge in [-0.05, 0) is 22.0 Å². The smallest absolute Gasteiger partial charge is 0.149 e. The Morgan fingerprint density at radius 1 is 1.17 bits per heavy atom. The van der Waals surface area contributed by atoms with Crippen molar-refractivity contribution in [3.8, 4) is 12.8 Å². The van der Waals surface area contributed by atoms with Crippen LogP contribution in [-0.2, 0) is 0 Å². The number of rotatable bonds is 0. The Morgan fingerprint density at radius 3 is 2.08 bits per heavy atom. The molecule has 0 atom stereocenters. The molecule has 0 fully saturated rings. The lowest BCUT2D eigenvalue weighted by Gasteiger charge is -1.97. The van der Waals surface area contributed by atoms with Crippen LogP contribution in [0.15, 0.2) is 16.6 Å². The molecule has 0 aromatic heterocycles. The number of nitrogens with two attached hydrogens (primary N) is 1. The van der Waals surface area contributed by atoms with Crippen molar-refractivity contribution >= 4 is 21.6 Å². The van der Waals surface area contributed by atoms with E-state index in [1.54, 1.807) is 0 Å². The van der Waals surface area contributed by atoms with Gasteiger partial charge in [0.05, 0.1) is 10.2 Å². The Bertz CT molecular complexity index is 246. The average molecular weight is 234 g/mol. The van der Waals surface area contributed by atoms with Gasteiger partial charge in [0.25, 0.3) is 0 Å². The molecule has 0 aliphatic carbocycles. The molecule has 64 valence electrons. The average Bonchev–Trinajstić information content (AvgIpc) is 2.05. The van der Waals surface area contributed by atoms with Crippen LogP contribution in [0.5, 0.6) is 0 Å². The summed E-state index contributed by atoms with van der Waals surface area (Å²) in [6, 6.07) is 1.92. The van der Waals surface area contributed by atoms with Crippen LogP contribution in [0.1, 0.15) is 0 Å². The molecule has 2 N–H and O–H groups in total. The molecule has 0 saturated carbocycles. The summed E-state index contributed by atoms with van der Waals surface area (Å²) in [5.74, 6) is -1.38. The Kier molecular flexibility index (Phi) is 4.30. The molecule has 12 heavy (non-hydrogen) atoms. The van der Waals surface area contributed by atoms with Crippen molar-refractivity contribution in [3.05, 3.63) is 28.2 Å². The van der Waals surface area contributed by atoms with E-state index in [1.165, 1.54) is 6.07 Å². The van der Waals surface area contributed by atoms with Crippen molar-refractivity contribution in [3.63, 3.8) is 0 Å². The monoisotopic (exact) mass is 233 g/mol. The van der Waals surface area contributed by atoms with E-state index < -0.39 is 11.6 Å². The highest BCUT2D eigenvalue weighted by atomic mass is 79.9. The number of halogens is 3. The van der Waals surface area contributed by atoms with Crippen LogP contribution in [0.25, 0.3) is 0 Å². The molecule has 1 rings (SSSR count). The normalized spacial score (nSPS) is 8.42. The van der Waals surface area contributed by atoms with Gasteiger partial charge in [0, 0.05) is 6.07 Å². The van der Waals surface area contributed by atoms with Gasteiger partial charge < -0.3 is 5.73 Å². The van der Waals surface area contributed by atoms with Gasteiger partial charge >= 0.3 is 0 Å². The lowest BCUT2D eigenvalue weighted by molar-refractivity contribution is 0.582. The Morgan fingerprint density at radius 2 is 1.67 bits per heavy atom. The standard InChI is InChI=1S/C6H4BrF2N.C2H2/c7-3-1-6(10)5(9)2-4(3)8;1-2/h1-2H,10H2;1-2H. The third-order valence-corrected chi connectivity index (χ3v) is 1.65. The maximum atomic E-state index is 12.4. The molecule has 1 aromatic carbocycles. The van der Waals surface area contributed by atoms with Crippen LogP contribution in [-0.4, -0.2) is 0 Å². The summed E-state index contributed by atoms with van der Waals surface area (Å²) in [6.07, 6.45) is 8.00. The van der Waals surface area contributed by atoms with Gasteiger partial charge in [-0.25, -0.2) is 8.78 Å². The maximum absolute atomic E-state index is 12.4. The van der Waals surface area contributed by atoms with Crippen LogP contribution in [0.2, 0.25) is 0 Å². The summed E-state index contributed by atoms with van der Waals surface area (Å²) in [4.78, 5) is 0. The van der Waals surface area contributed by atoms with E-state index in [-0.39, 0.29) is 10.2 Å². The summed E-state index contributed by atoms with van der Waals surface area (Å²) in [6.45, 7) is 0. The highest BCUT2D eigenvalue weighted by Crippen LogP contribution is 2.20. The number of hydrogen-bond acceptors (Lipinski definition) is 1. The third kappa shape index (κ3) is 2.51. The number of nitrogen functional groups attached to an aromatic ring is 1. The van der Waals surface area contributed by atoms with Crippen molar-refractivity contribution in [2.75, 3.05) is 5.73 Å². The van der Waals surface area contributed by atoms with Crippen LogP contribution in [0.4, 0.5) is 14.5 Å².